The number of nitrogens with zero attached hydrogens (tertiary/aromatic N) is 1. The van der Waals surface area contributed by atoms with E-state index in [1.807, 2.05) is 30.3 Å². The van der Waals surface area contributed by atoms with E-state index in [0.717, 1.165) is 17.5 Å². The minimum atomic E-state index is -1.15. The number of nitro benzene ring substituents is 1. The lowest BCUT2D eigenvalue weighted by molar-refractivity contribution is -0.384. The predicted octanol–water partition coefficient (Wildman–Crippen LogP) is 4.61. The van der Waals surface area contributed by atoms with Crippen LogP contribution < -0.4 is 5.32 Å². The van der Waals surface area contributed by atoms with Crippen LogP contribution in [-0.2, 0) is 22.6 Å². The molecule has 2 N–H and O–H groups in total. The zero-order valence-electron chi connectivity index (χ0n) is 17.0. The number of fused-ring (bicyclic) bond motifs is 3. The Morgan fingerprint density at radius 3 is 2.59 bits per heavy atom. The van der Waals surface area contributed by atoms with Crippen LogP contribution in [0, 0.1) is 10.1 Å². The highest BCUT2D eigenvalue weighted by atomic mass is 16.6. The summed E-state index contributed by atoms with van der Waals surface area (Å²) in [6, 6.07) is 18.6. The molecule has 0 bridgehead atoms. The monoisotopic (exact) mass is 432 g/mol. The van der Waals surface area contributed by atoms with Crippen LogP contribution in [0.2, 0.25) is 0 Å². The second-order valence-electron chi connectivity index (χ2n) is 7.55. The number of amides is 1. The van der Waals surface area contributed by atoms with Gasteiger partial charge in [0.15, 0.2) is 0 Å². The van der Waals surface area contributed by atoms with Gasteiger partial charge in [-0.1, -0.05) is 48.5 Å². The maximum Gasteiger partial charge on any atom is 0.407 e. The number of carboxylic acid groups (broad SMARTS) is 1. The molecular weight excluding hydrogens is 412 g/mol. The van der Waals surface area contributed by atoms with Gasteiger partial charge in [0.05, 0.1) is 17.4 Å². The van der Waals surface area contributed by atoms with E-state index >= 15 is 0 Å². The van der Waals surface area contributed by atoms with Gasteiger partial charge in [0.2, 0.25) is 0 Å². The molecule has 0 aliphatic heterocycles. The van der Waals surface area contributed by atoms with Crippen molar-refractivity contribution in [3.8, 4) is 11.1 Å². The van der Waals surface area contributed by atoms with Crippen LogP contribution >= 0.6 is 0 Å². The first-order chi connectivity index (χ1) is 15.4. The van der Waals surface area contributed by atoms with E-state index in [-0.39, 0.29) is 12.3 Å². The van der Waals surface area contributed by atoms with E-state index in [4.69, 9.17) is 4.74 Å². The van der Waals surface area contributed by atoms with Crippen molar-refractivity contribution in [1.82, 2.24) is 5.32 Å². The topological polar surface area (TPSA) is 119 Å². The average Bonchev–Trinajstić information content (AvgIpc) is 3.15. The third-order valence-corrected chi connectivity index (χ3v) is 5.39. The van der Waals surface area contributed by atoms with E-state index in [9.17, 15) is 24.8 Å². The highest BCUT2D eigenvalue weighted by molar-refractivity contribution is 5.77. The largest absolute Gasteiger partial charge is 0.481 e. The molecule has 1 aliphatic carbocycles. The Bertz CT molecular complexity index is 1210. The quantitative estimate of drug-likeness (QED) is 0.325. The molecule has 0 heterocycles. The summed E-state index contributed by atoms with van der Waals surface area (Å²) in [4.78, 5) is 34.1. The van der Waals surface area contributed by atoms with Gasteiger partial charge in [-0.2, -0.15) is 0 Å². The molecule has 1 atom stereocenters. The van der Waals surface area contributed by atoms with Gasteiger partial charge in [0, 0.05) is 12.1 Å². The number of benzene rings is 3. The second-order valence-corrected chi connectivity index (χ2v) is 7.55. The number of carbonyl (C=O) groups is 2. The molecule has 4 rings (SSSR count). The fourth-order valence-corrected chi connectivity index (χ4v) is 3.88. The molecule has 1 aliphatic rings. The molecule has 8 nitrogen and oxygen atoms in total. The van der Waals surface area contributed by atoms with E-state index in [1.165, 1.54) is 41.0 Å². The Balaban J connectivity index is 1.44. The van der Waals surface area contributed by atoms with Crippen LogP contribution in [0.1, 0.15) is 34.7 Å². The molecule has 3 aromatic rings. The maximum absolute atomic E-state index is 12.4. The number of nitro groups is 1. The number of carbonyl (C=O) groups excluding carboxylic acids is 1. The summed E-state index contributed by atoms with van der Waals surface area (Å²) in [5.74, 6) is -1.15. The van der Waals surface area contributed by atoms with Crippen LogP contribution in [0.25, 0.3) is 11.1 Å². The molecule has 0 saturated carbocycles. The van der Waals surface area contributed by atoms with Gasteiger partial charge in [0.25, 0.3) is 5.69 Å². The zero-order valence-corrected chi connectivity index (χ0v) is 17.0. The van der Waals surface area contributed by atoms with Gasteiger partial charge in [-0.3, -0.25) is 14.9 Å². The number of alkyl carbamates (subject to hydrolysis) is 1. The van der Waals surface area contributed by atoms with Crippen LogP contribution in [0.3, 0.4) is 0 Å². The molecule has 0 saturated heterocycles. The molecule has 0 fully saturated rings. The fourth-order valence-electron chi connectivity index (χ4n) is 3.88. The van der Waals surface area contributed by atoms with Crippen molar-refractivity contribution in [3.05, 3.63) is 99.1 Å². The van der Waals surface area contributed by atoms with Crippen LogP contribution in [0.5, 0.6) is 0 Å². The number of non-ortho nitro benzene ring substituents is 1. The van der Waals surface area contributed by atoms with E-state index in [0.29, 0.717) is 5.56 Å². The lowest BCUT2D eigenvalue weighted by Crippen LogP contribution is -2.30. The number of rotatable bonds is 7. The Hall–Kier alpha value is -4.20. The lowest BCUT2D eigenvalue weighted by Gasteiger charge is -2.17. The number of hydrogen-bond donors (Lipinski definition) is 2. The molecular formula is C24H20N2O6. The number of ether oxygens (including phenoxy) is 1. The van der Waals surface area contributed by atoms with Gasteiger partial charge in [-0.15, -0.1) is 0 Å². The van der Waals surface area contributed by atoms with Crippen LogP contribution in [0.4, 0.5) is 10.5 Å². The zero-order chi connectivity index (χ0) is 22.7. The van der Waals surface area contributed by atoms with E-state index in [1.54, 1.807) is 0 Å². The molecule has 1 amide bonds. The van der Waals surface area contributed by atoms with Crippen molar-refractivity contribution >= 4 is 17.7 Å². The molecule has 1 unspecified atom stereocenters. The molecule has 8 heteroatoms. The van der Waals surface area contributed by atoms with Crippen molar-refractivity contribution in [1.29, 1.82) is 0 Å². The minimum absolute atomic E-state index is 0.00993. The van der Waals surface area contributed by atoms with Gasteiger partial charge in [-0.05, 0) is 45.9 Å². The fraction of sp³-hybridized carbons (Fsp3) is 0.167. The van der Waals surface area contributed by atoms with Crippen molar-refractivity contribution < 1.29 is 24.4 Å². The molecule has 0 aromatic heterocycles. The third kappa shape index (κ3) is 4.59. The first kappa shape index (κ1) is 21.0. The van der Waals surface area contributed by atoms with E-state index in [2.05, 4.69) is 17.4 Å². The summed E-state index contributed by atoms with van der Waals surface area (Å²) in [6.45, 7) is 0.00993. The molecule has 0 spiro atoms. The Morgan fingerprint density at radius 2 is 1.81 bits per heavy atom. The average molecular weight is 432 g/mol. The smallest absolute Gasteiger partial charge is 0.407 e. The van der Waals surface area contributed by atoms with Gasteiger partial charge in [-0.25, -0.2) is 4.79 Å². The molecule has 3 aromatic carbocycles. The summed E-state index contributed by atoms with van der Waals surface area (Å²) in [5, 5.41) is 22.7. The van der Waals surface area contributed by atoms with Gasteiger partial charge in [0.1, 0.15) is 6.61 Å². The standard InChI is InChI=1S/C24H20N2O6/c27-23(28)13-22(18-5-3-6-19(12-18)26(30)31)25-24(29)32-14-15-8-9-17-11-16-4-1-2-7-20(16)21(17)10-15/h1-10,12,22H,11,13-14H2,(H,25,29)(H,27,28). The maximum atomic E-state index is 12.4. The molecule has 162 valence electrons. The second kappa shape index (κ2) is 8.89. The Morgan fingerprint density at radius 1 is 1.03 bits per heavy atom. The van der Waals surface area contributed by atoms with Crippen molar-refractivity contribution in [2.24, 2.45) is 0 Å². The summed E-state index contributed by atoms with van der Waals surface area (Å²) >= 11 is 0. The first-order valence-electron chi connectivity index (χ1n) is 10.00. The van der Waals surface area contributed by atoms with Crippen molar-refractivity contribution in [3.63, 3.8) is 0 Å². The first-order valence-corrected chi connectivity index (χ1v) is 10.00. The highest BCUT2D eigenvalue weighted by Gasteiger charge is 2.22. The van der Waals surface area contributed by atoms with Crippen LogP contribution in [0.15, 0.2) is 66.7 Å². The van der Waals surface area contributed by atoms with Crippen molar-refractivity contribution in [2.75, 3.05) is 0 Å². The Labute approximate surface area is 183 Å². The lowest BCUT2D eigenvalue weighted by atomic mass is 10.0. The SMILES string of the molecule is O=C(O)CC(NC(=O)OCc1ccc2c(c1)-c1ccccc1C2)c1cccc([N+](=O)[O-])c1. The van der Waals surface area contributed by atoms with E-state index < -0.39 is 29.4 Å². The normalized spacial score (nSPS) is 12.4. The summed E-state index contributed by atoms with van der Waals surface area (Å²) in [6.07, 6.45) is -0.373. The van der Waals surface area contributed by atoms with Gasteiger partial charge >= 0.3 is 12.1 Å². The Kier molecular flexibility index (Phi) is 5.85. The molecule has 32 heavy (non-hydrogen) atoms. The van der Waals surface area contributed by atoms with Crippen molar-refractivity contribution in [2.45, 2.75) is 25.5 Å². The number of nitrogens with one attached hydrogen (secondary N) is 1. The van der Waals surface area contributed by atoms with Gasteiger partial charge < -0.3 is 15.2 Å². The summed E-state index contributed by atoms with van der Waals surface area (Å²) < 4.78 is 5.31. The minimum Gasteiger partial charge on any atom is -0.481 e. The molecule has 0 radical (unpaired) electrons. The number of carboxylic acids is 1. The summed E-state index contributed by atoms with van der Waals surface area (Å²) in [7, 11) is 0. The number of hydrogen-bond acceptors (Lipinski definition) is 5. The predicted molar refractivity (Wildman–Crippen MR) is 116 cm³/mol. The summed E-state index contributed by atoms with van der Waals surface area (Å²) in [5.41, 5.74) is 5.68. The van der Waals surface area contributed by atoms with Crippen LogP contribution in [-0.4, -0.2) is 22.1 Å². The highest BCUT2D eigenvalue weighted by Crippen LogP contribution is 2.36. The number of aliphatic carboxylic acids is 1. The third-order valence-electron chi connectivity index (χ3n) is 5.39.